The standard InChI is InChI=1S/C14H15ClFNS/c1-8-7-9(2)18-14(8)13(17-3)12-10(15)5-4-6-11(12)16/h4-7,13,17H,1-3H3. The van der Waals surface area contributed by atoms with Gasteiger partial charge in [-0.05, 0) is 44.7 Å². The van der Waals surface area contributed by atoms with E-state index in [0.29, 0.717) is 10.6 Å². The first kappa shape index (κ1) is 13.5. The molecule has 0 saturated carbocycles. The van der Waals surface area contributed by atoms with Gasteiger partial charge < -0.3 is 5.32 Å². The van der Waals surface area contributed by atoms with Gasteiger partial charge in [0.15, 0.2) is 0 Å². The van der Waals surface area contributed by atoms with Crippen LogP contribution >= 0.6 is 22.9 Å². The molecule has 2 aromatic rings. The highest BCUT2D eigenvalue weighted by Gasteiger charge is 2.22. The number of hydrogen-bond acceptors (Lipinski definition) is 2. The van der Waals surface area contributed by atoms with Gasteiger partial charge in [0.25, 0.3) is 0 Å². The molecule has 0 spiro atoms. The zero-order valence-electron chi connectivity index (χ0n) is 10.6. The van der Waals surface area contributed by atoms with Crippen molar-refractivity contribution >= 4 is 22.9 Å². The van der Waals surface area contributed by atoms with Crippen molar-refractivity contribution in [2.24, 2.45) is 0 Å². The van der Waals surface area contributed by atoms with Crippen LogP contribution in [0.2, 0.25) is 5.02 Å². The van der Waals surface area contributed by atoms with Crippen LogP contribution in [0.15, 0.2) is 24.3 Å². The van der Waals surface area contributed by atoms with E-state index in [1.54, 1.807) is 23.5 Å². The number of nitrogens with one attached hydrogen (secondary N) is 1. The Labute approximate surface area is 116 Å². The molecule has 1 unspecified atom stereocenters. The SMILES string of the molecule is CNC(c1sc(C)cc1C)c1c(F)cccc1Cl. The van der Waals surface area contributed by atoms with Gasteiger partial charge in [0.1, 0.15) is 5.82 Å². The highest BCUT2D eigenvalue weighted by molar-refractivity contribution is 7.12. The van der Waals surface area contributed by atoms with Gasteiger partial charge in [-0.3, -0.25) is 0 Å². The smallest absolute Gasteiger partial charge is 0.129 e. The van der Waals surface area contributed by atoms with Crippen molar-refractivity contribution in [3.8, 4) is 0 Å². The average Bonchev–Trinajstić information content (AvgIpc) is 2.63. The van der Waals surface area contributed by atoms with Crippen molar-refractivity contribution in [3.05, 3.63) is 56.0 Å². The molecule has 2 rings (SSSR count). The lowest BCUT2D eigenvalue weighted by atomic mass is 10.0. The minimum atomic E-state index is -0.271. The van der Waals surface area contributed by atoms with Crippen molar-refractivity contribution in [1.29, 1.82) is 0 Å². The van der Waals surface area contributed by atoms with Crippen LogP contribution in [0.25, 0.3) is 0 Å². The summed E-state index contributed by atoms with van der Waals surface area (Å²) in [5, 5.41) is 3.61. The van der Waals surface area contributed by atoms with Gasteiger partial charge in [-0.25, -0.2) is 4.39 Å². The van der Waals surface area contributed by atoms with Gasteiger partial charge >= 0.3 is 0 Å². The third-order valence-corrected chi connectivity index (χ3v) is 4.47. The molecule has 0 aliphatic rings. The number of aryl methyl sites for hydroxylation is 2. The van der Waals surface area contributed by atoms with Crippen LogP contribution < -0.4 is 5.32 Å². The van der Waals surface area contributed by atoms with Crippen LogP contribution in [0.1, 0.15) is 26.9 Å². The number of halogens is 2. The van der Waals surface area contributed by atoms with Gasteiger partial charge in [-0.15, -0.1) is 11.3 Å². The highest BCUT2D eigenvalue weighted by atomic mass is 35.5. The summed E-state index contributed by atoms with van der Waals surface area (Å²) in [5.74, 6) is -0.271. The monoisotopic (exact) mass is 283 g/mol. The lowest BCUT2D eigenvalue weighted by molar-refractivity contribution is 0.579. The Morgan fingerprint density at radius 3 is 2.56 bits per heavy atom. The minimum Gasteiger partial charge on any atom is -0.309 e. The van der Waals surface area contributed by atoms with Crippen molar-refractivity contribution in [1.82, 2.24) is 5.32 Å². The summed E-state index contributed by atoms with van der Waals surface area (Å²) >= 11 is 7.81. The van der Waals surface area contributed by atoms with Crippen LogP contribution in [-0.4, -0.2) is 7.05 Å². The van der Waals surface area contributed by atoms with Gasteiger partial charge in [-0.1, -0.05) is 17.7 Å². The molecular weight excluding hydrogens is 269 g/mol. The normalized spacial score (nSPS) is 12.7. The molecule has 1 aromatic heterocycles. The molecule has 0 aliphatic heterocycles. The van der Waals surface area contributed by atoms with Gasteiger partial charge in [-0.2, -0.15) is 0 Å². The van der Waals surface area contributed by atoms with E-state index in [1.165, 1.54) is 10.9 Å². The molecule has 0 radical (unpaired) electrons. The van der Waals surface area contributed by atoms with E-state index in [-0.39, 0.29) is 11.9 Å². The molecule has 4 heteroatoms. The molecule has 1 atom stereocenters. The molecule has 0 aliphatic carbocycles. The lowest BCUT2D eigenvalue weighted by Gasteiger charge is -2.18. The first-order valence-corrected chi connectivity index (χ1v) is 6.92. The quantitative estimate of drug-likeness (QED) is 0.876. The Hall–Kier alpha value is -0.900. The summed E-state index contributed by atoms with van der Waals surface area (Å²) in [6, 6.07) is 6.71. The Kier molecular flexibility index (Phi) is 4.05. The summed E-state index contributed by atoms with van der Waals surface area (Å²) in [6.07, 6.45) is 0. The van der Waals surface area contributed by atoms with Crippen LogP contribution in [0.5, 0.6) is 0 Å². The van der Waals surface area contributed by atoms with E-state index < -0.39 is 0 Å². The number of benzene rings is 1. The first-order valence-electron chi connectivity index (χ1n) is 5.72. The fraction of sp³-hybridized carbons (Fsp3) is 0.286. The van der Waals surface area contributed by atoms with E-state index in [0.717, 1.165) is 10.4 Å². The van der Waals surface area contributed by atoms with Gasteiger partial charge in [0.05, 0.1) is 6.04 Å². The Morgan fingerprint density at radius 1 is 1.33 bits per heavy atom. The third kappa shape index (κ3) is 2.44. The number of hydrogen-bond donors (Lipinski definition) is 1. The maximum absolute atomic E-state index is 14.0. The average molecular weight is 284 g/mol. The second-order valence-corrected chi connectivity index (χ2v) is 5.96. The topological polar surface area (TPSA) is 12.0 Å². The molecule has 1 aromatic carbocycles. The van der Waals surface area contributed by atoms with Crippen molar-refractivity contribution < 1.29 is 4.39 Å². The summed E-state index contributed by atoms with van der Waals surface area (Å²) in [5.41, 5.74) is 1.68. The van der Waals surface area contributed by atoms with E-state index in [4.69, 9.17) is 11.6 Å². The molecule has 1 N–H and O–H groups in total. The van der Waals surface area contributed by atoms with Crippen molar-refractivity contribution in [2.45, 2.75) is 19.9 Å². The molecule has 0 amide bonds. The Bertz CT molecular complexity index is 545. The van der Waals surface area contributed by atoms with Crippen LogP contribution in [0, 0.1) is 19.7 Å². The van der Waals surface area contributed by atoms with Crippen molar-refractivity contribution in [2.75, 3.05) is 7.05 Å². The zero-order chi connectivity index (χ0) is 13.3. The maximum atomic E-state index is 14.0. The fourth-order valence-electron chi connectivity index (χ4n) is 2.14. The predicted molar refractivity (Wildman–Crippen MR) is 76.1 cm³/mol. The highest BCUT2D eigenvalue weighted by Crippen LogP contribution is 2.35. The maximum Gasteiger partial charge on any atom is 0.129 e. The van der Waals surface area contributed by atoms with Crippen LogP contribution in [-0.2, 0) is 0 Å². The third-order valence-electron chi connectivity index (χ3n) is 2.92. The molecule has 0 saturated heterocycles. The number of thiophene rings is 1. The molecular formula is C14H15ClFNS. The number of rotatable bonds is 3. The molecule has 1 nitrogen and oxygen atoms in total. The van der Waals surface area contributed by atoms with Crippen molar-refractivity contribution in [3.63, 3.8) is 0 Å². The molecule has 1 heterocycles. The second-order valence-electron chi connectivity index (χ2n) is 4.26. The van der Waals surface area contributed by atoms with Gasteiger partial charge in [0.2, 0.25) is 0 Å². The summed E-state index contributed by atoms with van der Waals surface area (Å²) in [6.45, 7) is 4.09. The Morgan fingerprint density at radius 2 is 2.06 bits per heavy atom. The van der Waals surface area contributed by atoms with E-state index in [2.05, 4.69) is 18.3 Å². The molecule has 96 valence electrons. The van der Waals surface area contributed by atoms with Crippen LogP contribution in [0.3, 0.4) is 0 Å². The van der Waals surface area contributed by atoms with Crippen LogP contribution in [0.4, 0.5) is 4.39 Å². The minimum absolute atomic E-state index is 0.197. The molecule has 0 bridgehead atoms. The second kappa shape index (κ2) is 5.39. The zero-order valence-corrected chi connectivity index (χ0v) is 12.1. The largest absolute Gasteiger partial charge is 0.309 e. The summed E-state index contributed by atoms with van der Waals surface area (Å²) in [7, 11) is 1.82. The lowest BCUT2D eigenvalue weighted by Crippen LogP contribution is -2.19. The molecule has 0 fully saturated rings. The summed E-state index contributed by atoms with van der Waals surface area (Å²) in [4.78, 5) is 2.33. The summed E-state index contributed by atoms with van der Waals surface area (Å²) < 4.78 is 14.0. The first-order chi connectivity index (χ1) is 8.54. The van der Waals surface area contributed by atoms with E-state index in [1.807, 2.05) is 14.0 Å². The van der Waals surface area contributed by atoms with Gasteiger partial charge in [0, 0.05) is 20.3 Å². The predicted octanol–water partition coefficient (Wildman–Crippen LogP) is 4.47. The Balaban J connectivity index is 2.55. The van der Waals surface area contributed by atoms with E-state index >= 15 is 0 Å². The molecule has 18 heavy (non-hydrogen) atoms. The fourth-order valence-corrected chi connectivity index (χ4v) is 3.57. The van der Waals surface area contributed by atoms with E-state index in [9.17, 15) is 4.39 Å².